The van der Waals surface area contributed by atoms with Gasteiger partial charge in [0.1, 0.15) is 29.2 Å². The van der Waals surface area contributed by atoms with Crippen LogP contribution in [0.15, 0.2) is 34.7 Å². The maximum atomic E-state index is 9.37. The first-order valence-electron chi connectivity index (χ1n) is 6.94. The summed E-state index contributed by atoms with van der Waals surface area (Å²) in [6, 6.07) is 12.4. The number of hydrogen-bond donors (Lipinski definition) is 2. The number of aromatic amines is 1. The highest BCUT2D eigenvalue weighted by molar-refractivity contribution is 6.35. The van der Waals surface area contributed by atoms with Crippen LogP contribution in [0.3, 0.4) is 0 Å². The third-order valence-electron chi connectivity index (χ3n) is 3.36. The molecule has 3 N–H and O–H groups in total. The molecule has 8 heteroatoms. The lowest BCUT2D eigenvalue weighted by Crippen LogP contribution is -1.89. The molecule has 122 valence electrons. The number of nitriles is 2. The van der Waals surface area contributed by atoms with Crippen molar-refractivity contribution in [2.45, 2.75) is 0 Å². The van der Waals surface area contributed by atoms with Crippen LogP contribution in [0.1, 0.15) is 17.0 Å². The summed E-state index contributed by atoms with van der Waals surface area (Å²) in [5.41, 5.74) is 6.83. The molecule has 0 aliphatic rings. The van der Waals surface area contributed by atoms with Crippen molar-refractivity contribution in [1.82, 2.24) is 10.2 Å². The molecule has 1 aromatic carbocycles. The molecule has 0 spiro atoms. The number of anilines is 1. The molecule has 2 heterocycles. The SMILES string of the molecule is N#CC(=Cc1ccc(-c2cc(Cl)cc(Cl)c2)o1)c1[nH]nc(N)c1C#N. The fourth-order valence-electron chi connectivity index (χ4n) is 2.25. The average Bonchev–Trinajstić information content (AvgIpc) is 3.18. The highest BCUT2D eigenvalue weighted by Gasteiger charge is 2.15. The van der Waals surface area contributed by atoms with E-state index in [2.05, 4.69) is 10.2 Å². The number of furan rings is 1. The number of H-pyrrole nitrogens is 1. The van der Waals surface area contributed by atoms with Crippen LogP contribution >= 0.6 is 23.2 Å². The topological polar surface area (TPSA) is 115 Å². The number of benzene rings is 1. The molecule has 2 aromatic heterocycles. The van der Waals surface area contributed by atoms with Gasteiger partial charge in [-0.3, -0.25) is 5.10 Å². The summed E-state index contributed by atoms with van der Waals surface area (Å²) < 4.78 is 5.72. The van der Waals surface area contributed by atoms with Crippen LogP contribution in [0.2, 0.25) is 10.0 Å². The lowest BCUT2D eigenvalue weighted by atomic mass is 10.1. The zero-order valence-electron chi connectivity index (χ0n) is 12.5. The van der Waals surface area contributed by atoms with Crippen molar-refractivity contribution in [1.29, 1.82) is 10.5 Å². The lowest BCUT2D eigenvalue weighted by Gasteiger charge is -1.99. The van der Waals surface area contributed by atoms with E-state index < -0.39 is 0 Å². The average molecular weight is 370 g/mol. The molecule has 0 fully saturated rings. The summed E-state index contributed by atoms with van der Waals surface area (Å²) in [5.74, 6) is 0.990. The van der Waals surface area contributed by atoms with Gasteiger partial charge in [0.05, 0.1) is 11.3 Å². The molecule has 0 amide bonds. The predicted molar refractivity (Wildman–Crippen MR) is 95.4 cm³/mol. The van der Waals surface area contributed by atoms with Crippen molar-refractivity contribution in [3.63, 3.8) is 0 Å². The van der Waals surface area contributed by atoms with Crippen molar-refractivity contribution in [2.24, 2.45) is 0 Å². The van der Waals surface area contributed by atoms with Gasteiger partial charge in [0.15, 0.2) is 5.82 Å². The minimum Gasteiger partial charge on any atom is -0.457 e. The van der Waals surface area contributed by atoms with E-state index in [1.54, 1.807) is 30.3 Å². The largest absolute Gasteiger partial charge is 0.457 e. The number of nitrogens with zero attached hydrogens (tertiary/aromatic N) is 3. The van der Waals surface area contributed by atoms with Gasteiger partial charge in [-0.05, 0) is 30.3 Å². The number of rotatable bonds is 3. The van der Waals surface area contributed by atoms with Crippen molar-refractivity contribution in [3.05, 3.63) is 57.4 Å². The molecule has 0 aliphatic heterocycles. The van der Waals surface area contributed by atoms with Crippen LogP contribution in [0.4, 0.5) is 5.82 Å². The number of aromatic nitrogens is 2. The quantitative estimate of drug-likeness (QED) is 0.659. The first-order chi connectivity index (χ1) is 12.0. The van der Waals surface area contributed by atoms with Crippen LogP contribution < -0.4 is 5.73 Å². The van der Waals surface area contributed by atoms with Gasteiger partial charge in [-0.25, -0.2) is 0 Å². The van der Waals surface area contributed by atoms with E-state index in [9.17, 15) is 5.26 Å². The van der Waals surface area contributed by atoms with Crippen LogP contribution in [0.5, 0.6) is 0 Å². The molecular formula is C17H9Cl2N5O. The van der Waals surface area contributed by atoms with Crippen molar-refractivity contribution in [2.75, 3.05) is 5.73 Å². The standard InChI is InChI=1S/C17H9Cl2N5O/c18-11-3-9(4-12(19)6-11)15-2-1-13(25-15)5-10(7-20)16-14(8-21)17(22)24-23-16/h1-6H,(H3,22,23,24). The zero-order valence-corrected chi connectivity index (χ0v) is 14.1. The summed E-state index contributed by atoms with van der Waals surface area (Å²) in [4.78, 5) is 0. The van der Waals surface area contributed by atoms with Crippen LogP contribution in [0.25, 0.3) is 23.0 Å². The van der Waals surface area contributed by atoms with Gasteiger partial charge in [0.2, 0.25) is 0 Å². The van der Waals surface area contributed by atoms with Crippen molar-refractivity contribution < 1.29 is 4.42 Å². The van der Waals surface area contributed by atoms with Gasteiger partial charge in [-0.2, -0.15) is 15.6 Å². The number of nitrogens with two attached hydrogens (primary N) is 1. The molecular weight excluding hydrogens is 361 g/mol. The predicted octanol–water partition coefficient (Wildman–Crippen LogP) is 4.49. The Bertz CT molecular complexity index is 1050. The van der Waals surface area contributed by atoms with Gasteiger partial charge in [0.25, 0.3) is 0 Å². The van der Waals surface area contributed by atoms with Gasteiger partial charge in [0, 0.05) is 21.7 Å². The summed E-state index contributed by atoms with van der Waals surface area (Å²) >= 11 is 12.0. The highest BCUT2D eigenvalue weighted by Crippen LogP contribution is 2.30. The second-order valence-corrected chi connectivity index (χ2v) is 5.87. The first-order valence-corrected chi connectivity index (χ1v) is 7.70. The van der Waals surface area contributed by atoms with Gasteiger partial charge in [-0.15, -0.1) is 0 Å². The van der Waals surface area contributed by atoms with E-state index in [0.29, 0.717) is 27.1 Å². The summed E-state index contributed by atoms with van der Waals surface area (Å²) in [6.45, 7) is 0. The second kappa shape index (κ2) is 6.74. The fourth-order valence-corrected chi connectivity index (χ4v) is 2.77. The summed E-state index contributed by atoms with van der Waals surface area (Å²) in [6.07, 6.45) is 1.49. The lowest BCUT2D eigenvalue weighted by molar-refractivity contribution is 0.572. The van der Waals surface area contributed by atoms with E-state index in [0.717, 1.165) is 0 Å². The molecule has 0 saturated carbocycles. The Morgan fingerprint density at radius 3 is 2.56 bits per heavy atom. The molecule has 0 unspecified atom stereocenters. The molecule has 0 radical (unpaired) electrons. The van der Waals surface area contributed by atoms with Gasteiger partial charge >= 0.3 is 0 Å². The smallest absolute Gasteiger partial charge is 0.163 e. The van der Waals surface area contributed by atoms with Crippen molar-refractivity contribution in [3.8, 4) is 23.5 Å². The number of nitrogens with one attached hydrogen (secondary N) is 1. The molecule has 0 saturated heterocycles. The van der Waals surface area contributed by atoms with Gasteiger partial charge < -0.3 is 10.2 Å². The minimum atomic E-state index is 0.0346. The molecule has 6 nitrogen and oxygen atoms in total. The van der Waals surface area contributed by atoms with Crippen molar-refractivity contribution >= 4 is 40.7 Å². The zero-order chi connectivity index (χ0) is 18.0. The Morgan fingerprint density at radius 1 is 1.20 bits per heavy atom. The number of allylic oxidation sites excluding steroid dienone is 1. The third kappa shape index (κ3) is 3.36. The highest BCUT2D eigenvalue weighted by atomic mass is 35.5. The molecule has 0 atom stereocenters. The monoisotopic (exact) mass is 369 g/mol. The molecule has 3 aromatic rings. The first kappa shape index (κ1) is 16.7. The maximum Gasteiger partial charge on any atom is 0.163 e. The van der Waals surface area contributed by atoms with E-state index >= 15 is 0 Å². The summed E-state index contributed by atoms with van der Waals surface area (Å²) in [7, 11) is 0. The van der Waals surface area contributed by atoms with E-state index in [-0.39, 0.29) is 22.6 Å². The third-order valence-corrected chi connectivity index (χ3v) is 3.79. The van der Waals surface area contributed by atoms with Crippen LogP contribution in [-0.2, 0) is 0 Å². The molecule has 0 bridgehead atoms. The molecule has 3 rings (SSSR count). The molecule has 25 heavy (non-hydrogen) atoms. The number of nitrogen functional groups attached to an aromatic ring is 1. The Balaban J connectivity index is 2.00. The van der Waals surface area contributed by atoms with Gasteiger partial charge in [-0.1, -0.05) is 23.2 Å². The van der Waals surface area contributed by atoms with Crippen LogP contribution in [0, 0.1) is 22.7 Å². The maximum absolute atomic E-state index is 9.37. The Hall–Kier alpha value is -3.19. The fraction of sp³-hybridized carbons (Fsp3) is 0. The Labute approximate surface area is 152 Å². The normalized spacial score (nSPS) is 11.1. The summed E-state index contributed by atoms with van der Waals surface area (Å²) in [5, 5.41) is 25.8. The van der Waals surface area contributed by atoms with Crippen LogP contribution in [-0.4, -0.2) is 10.2 Å². The Morgan fingerprint density at radius 2 is 1.92 bits per heavy atom. The van der Waals surface area contributed by atoms with E-state index in [1.165, 1.54) is 6.08 Å². The second-order valence-electron chi connectivity index (χ2n) is 5.00. The molecule has 0 aliphatic carbocycles. The van der Waals surface area contributed by atoms with E-state index in [4.69, 9.17) is 38.6 Å². The number of hydrogen-bond acceptors (Lipinski definition) is 5. The Kier molecular flexibility index (Phi) is 4.49. The van der Waals surface area contributed by atoms with E-state index in [1.807, 2.05) is 12.1 Å². The minimum absolute atomic E-state index is 0.0346. The number of halogens is 2.